The number of unbranched alkanes of at least 4 members (excludes halogenated alkanes) is 9. The van der Waals surface area contributed by atoms with Gasteiger partial charge >= 0.3 is 40.0 Å². The van der Waals surface area contributed by atoms with E-state index in [0.29, 0.717) is 0 Å². The van der Waals surface area contributed by atoms with Gasteiger partial charge in [0, 0.05) is 0 Å². The molecule has 5 nitrogen and oxygen atoms in total. The predicted molar refractivity (Wildman–Crippen MR) is 105 cm³/mol. The molecule has 0 unspecified atom stereocenters. The summed E-state index contributed by atoms with van der Waals surface area (Å²) in [4.78, 5) is 0. The number of hydrogen-bond donors (Lipinski definition) is 2. The van der Waals surface area contributed by atoms with Crippen molar-refractivity contribution >= 4 is 40.0 Å². The number of rotatable bonds is 12. The maximum atomic E-state index is 8.74. The van der Waals surface area contributed by atoms with Crippen molar-refractivity contribution in [3.8, 4) is 5.75 Å². The molecule has 1 rings (SSSR count). The second-order valence-electron chi connectivity index (χ2n) is 5.79. The zero-order valence-electron chi connectivity index (χ0n) is 14.7. The molecule has 2 N–H and O–H groups in total. The minimum absolute atomic E-state index is 0. The topological polar surface area (TPSA) is 83.8 Å². The average Bonchev–Trinajstić information content (AvgIpc) is 2.52. The van der Waals surface area contributed by atoms with Gasteiger partial charge in [0.25, 0.3) is 0 Å². The molecule has 1 aromatic rings. The molecule has 0 heterocycles. The van der Waals surface area contributed by atoms with Crippen LogP contribution in [0.2, 0.25) is 0 Å². The Labute approximate surface area is 175 Å². The number of benzene rings is 1. The molecule has 0 aliphatic carbocycles. The van der Waals surface area contributed by atoms with Crippen molar-refractivity contribution in [3.05, 3.63) is 30.3 Å². The van der Waals surface area contributed by atoms with Gasteiger partial charge in [-0.15, -0.1) is 0 Å². The van der Waals surface area contributed by atoms with E-state index in [4.69, 9.17) is 22.3 Å². The van der Waals surface area contributed by atoms with Crippen LogP contribution in [0, 0.1) is 0 Å². The Kier molecular flexibility index (Phi) is 20.3. The van der Waals surface area contributed by atoms with Gasteiger partial charge in [-0.25, -0.2) is 0 Å². The van der Waals surface area contributed by atoms with Crippen LogP contribution >= 0.6 is 0 Å². The van der Waals surface area contributed by atoms with Crippen molar-refractivity contribution in [2.45, 2.75) is 71.1 Å². The molecule has 0 saturated heterocycles. The molecule has 0 amide bonds. The van der Waals surface area contributed by atoms with Crippen LogP contribution < -0.4 is 4.74 Å². The van der Waals surface area contributed by atoms with Crippen LogP contribution in [0.4, 0.5) is 0 Å². The van der Waals surface area contributed by atoms with E-state index >= 15 is 0 Å². The Morgan fingerprint density at radius 2 is 1.20 bits per heavy atom. The summed E-state index contributed by atoms with van der Waals surface area (Å²) in [7, 11) is -4.67. The monoisotopic (exact) mass is 384 g/mol. The number of ether oxygens (including phenoxy) is 1. The van der Waals surface area contributed by atoms with E-state index in [-0.39, 0.29) is 29.6 Å². The summed E-state index contributed by atoms with van der Waals surface area (Å²) in [6.45, 7) is 3.14. The van der Waals surface area contributed by atoms with Gasteiger partial charge in [-0.3, -0.25) is 9.11 Å². The van der Waals surface area contributed by atoms with Gasteiger partial charge in [-0.1, -0.05) is 82.9 Å². The van der Waals surface area contributed by atoms with Gasteiger partial charge in [0.15, 0.2) is 0 Å². The van der Waals surface area contributed by atoms with E-state index in [2.05, 4.69) is 6.92 Å². The van der Waals surface area contributed by atoms with Crippen LogP contribution in [-0.4, -0.2) is 53.7 Å². The molecule has 0 aliphatic rings. The van der Waals surface area contributed by atoms with E-state index in [1.165, 1.54) is 64.2 Å². The van der Waals surface area contributed by atoms with Crippen molar-refractivity contribution in [2.75, 3.05) is 6.61 Å². The van der Waals surface area contributed by atoms with Crippen molar-refractivity contribution in [3.63, 3.8) is 0 Å². The second kappa shape index (κ2) is 18.7. The molecule has 0 saturated carbocycles. The SMILES string of the molecule is CCCCCCCCCCCCOc1ccccc1.O=S(=O)(O)O.[NaH]. The molecule has 1 aromatic carbocycles. The summed E-state index contributed by atoms with van der Waals surface area (Å²) in [5, 5.41) is 0. The summed E-state index contributed by atoms with van der Waals surface area (Å²) in [6.07, 6.45) is 13.7. The van der Waals surface area contributed by atoms with E-state index in [1.807, 2.05) is 30.3 Å². The van der Waals surface area contributed by atoms with Crippen molar-refractivity contribution < 1.29 is 22.3 Å². The third kappa shape index (κ3) is 26.2. The normalized spacial score (nSPS) is 10.4. The number of para-hydroxylation sites is 1. The van der Waals surface area contributed by atoms with Crippen LogP contribution in [0.5, 0.6) is 5.75 Å². The van der Waals surface area contributed by atoms with Gasteiger partial charge in [0.05, 0.1) is 6.61 Å². The Morgan fingerprint density at radius 1 is 0.800 bits per heavy atom. The molecule has 0 aliphatic heterocycles. The average molecular weight is 385 g/mol. The summed E-state index contributed by atoms with van der Waals surface area (Å²) in [6, 6.07) is 10.1. The molecular formula is C18H33NaO5S. The predicted octanol–water partition coefficient (Wildman–Crippen LogP) is 4.69. The molecule has 0 atom stereocenters. The molecule has 0 fully saturated rings. The summed E-state index contributed by atoms with van der Waals surface area (Å²) in [5.74, 6) is 0.999. The van der Waals surface area contributed by atoms with E-state index in [1.54, 1.807) is 0 Å². The van der Waals surface area contributed by atoms with E-state index in [9.17, 15) is 0 Å². The first kappa shape index (κ1) is 27.1. The van der Waals surface area contributed by atoms with E-state index < -0.39 is 10.4 Å². The van der Waals surface area contributed by atoms with Gasteiger partial charge in [0.1, 0.15) is 5.75 Å². The third-order valence-corrected chi connectivity index (χ3v) is 3.51. The van der Waals surface area contributed by atoms with Gasteiger partial charge in [-0.2, -0.15) is 8.42 Å². The van der Waals surface area contributed by atoms with Crippen LogP contribution in [0.1, 0.15) is 71.1 Å². The van der Waals surface area contributed by atoms with Crippen molar-refractivity contribution in [1.82, 2.24) is 0 Å². The first-order valence-electron chi connectivity index (χ1n) is 8.81. The molecule has 0 bridgehead atoms. The quantitative estimate of drug-likeness (QED) is 0.310. The molecule has 7 heteroatoms. The summed E-state index contributed by atoms with van der Waals surface area (Å²) < 4.78 is 37.3. The van der Waals surface area contributed by atoms with Gasteiger partial charge < -0.3 is 4.74 Å². The maximum absolute atomic E-state index is 8.74. The Bertz CT molecular complexity index is 471. The van der Waals surface area contributed by atoms with Crippen LogP contribution in [-0.2, 0) is 10.4 Å². The standard InChI is InChI=1S/C18H30O.Na.H2O4S.H/c1-2-3-4-5-6-7-8-9-10-14-17-19-18-15-12-11-13-16-18;;1-5(2,3)4;/h11-13,15-16H,2-10,14,17H2,1H3;;(H2,1,2,3,4);. The summed E-state index contributed by atoms with van der Waals surface area (Å²) >= 11 is 0. The molecule has 142 valence electrons. The molecule has 0 radical (unpaired) electrons. The summed E-state index contributed by atoms with van der Waals surface area (Å²) in [5.41, 5.74) is 0. The third-order valence-electron chi connectivity index (χ3n) is 3.51. The van der Waals surface area contributed by atoms with Crippen LogP contribution in [0.3, 0.4) is 0 Å². The Hall–Kier alpha value is -0.110. The first-order valence-corrected chi connectivity index (χ1v) is 10.2. The van der Waals surface area contributed by atoms with Crippen molar-refractivity contribution in [1.29, 1.82) is 0 Å². The molecule has 0 aromatic heterocycles. The fraction of sp³-hybridized carbons (Fsp3) is 0.667. The first-order chi connectivity index (χ1) is 11.4. The van der Waals surface area contributed by atoms with Crippen LogP contribution in [0.15, 0.2) is 30.3 Å². The molecule has 0 spiro atoms. The Balaban J connectivity index is 0. The van der Waals surface area contributed by atoms with Gasteiger partial charge in [-0.05, 0) is 18.6 Å². The van der Waals surface area contributed by atoms with Crippen molar-refractivity contribution in [2.24, 2.45) is 0 Å². The van der Waals surface area contributed by atoms with Crippen LogP contribution in [0.25, 0.3) is 0 Å². The minimum atomic E-state index is -4.67. The van der Waals surface area contributed by atoms with E-state index in [0.717, 1.165) is 12.4 Å². The second-order valence-corrected chi connectivity index (χ2v) is 6.69. The molecular weight excluding hydrogens is 351 g/mol. The fourth-order valence-electron chi connectivity index (χ4n) is 2.30. The molecule has 25 heavy (non-hydrogen) atoms. The number of hydrogen-bond acceptors (Lipinski definition) is 3. The zero-order valence-corrected chi connectivity index (χ0v) is 15.5. The fourth-order valence-corrected chi connectivity index (χ4v) is 2.30. The van der Waals surface area contributed by atoms with Gasteiger partial charge in [0.2, 0.25) is 0 Å². The zero-order chi connectivity index (χ0) is 18.1. The Morgan fingerprint density at radius 3 is 1.64 bits per heavy atom.